The molecule has 186 valence electrons. The van der Waals surface area contributed by atoms with Gasteiger partial charge in [-0.15, -0.1) is 24.8 Å². The van der Waals surface area contributed by atoms with Crippen LogP contribution in [0.4, 0.5) is 0 Å². The molecule has 0 amide bonds. The Morgan fingerprint density at radius 1 is 1.03 bits per heavy atom. The number of halogens is 2. The summed E-state index contributed by atoms with van der Waals surface area (Å²) in [7, 11) is 1.73. The first kappa shape index (κ1) is 29.4. The van der Waals surface area contributed by atoms with Crippen molar-refractivity contribution < 1.29 is 14.9 Å². The Morgan fingerprint density at radius 2 is 1.82 bits per heavy atom. The summed E-state index contributed by atoms with van der Waals surface area (Å²) in [5.41, 5.74) is 7.03. The second-order valence-electron chi connectivity index (χ2n) is 8.55. The van der Waals surface area contributed by atoms with Crippen molar-refractivity contribution >= 4 is 24.8 Å². The van der Waals surface area contributed by atoms with E-state index in [0.29, 0.717) is 6.04 Å². The Hall–Kier alpha value is -1.66. The second-order valence-corrected chi connectivity index (χ2v) is 8.55. The van der Waals surface area contributed by atoms with E-state index in [1.807, 2.05) is 18.2 Å². The Kier molecular flexibility index (Phi) is 13.6. The smallest absolute Gasteiger partial charge is 0.160 e. The number of aryl methyl sites for hydroxylation is 1. The van der Waals surface area contributed by atoms with E-state index in [2.05, 4.69) is 29.5 Å². The molecule has 1 aliphatic carbocycles. The number of rotatable bonds is 12. The van der Waals surface area contributed by atoms with Crippen LogP contribution in [0.25, 0.3) is 0 Å². The fourth-order valence-corrected chi connectivity index (χ4v) is 4.58. The zero-order valence-electron chi connectivity index (χ0n) is 19.9. The topological polar surface area (TPSA) is 65.0 Å². The van der Waals surface area contributed by atoms with Crippen LogP contribution in [0.2, 0.25) is 0 Å². The molecule has 0 saturated heterocycles. The van der Waals surface area contributed by atoms with E-state index in [1.165, 1.54) is 31.2 Å². The molecule has 5 nitrogen and oxygen atoms in total. The highest BCUT2D eigenvalue weighted by atomic mass is 35.5. The zero-order valence-corrected chi connectivity index (χ0v) is 21.5. The predicted molar refractivity (Wildman–Crippen MR) is 140 cm³/mol. The minimum atomic E-state index is -0.0110. The monoisotopic (exact) mass is 498 g/mol. The van der Waals surface area contributed by atoms with Gasteiger partial charge in [-0.2, -0.15) is 0 Å². The Labute approximate surface area is 211 Å². The molecule has 1 atom stereocenters. The van der Waals surface area contributed by atoms with Crippen molar-refractivity contribution in [1.29, 1.82) is 0 Å². The van der Waals surface area contributed by atoms with Crippen LogP contribution in [0.3, 0.4) is 0 Å². The normalized spacial score (nSPS) is 14.8. The molecule has 1 unspecified atom stereocenters. The fraction of sp³-hybridized carbons (Fsp3) is 0.538. The number of fused-ring (bicyclic) bond motifs is 1. The van der Waals surface area contributed by atoms with Crippen LogP contribution in [0.1, 0.15) is 62.1 Å². The minimum Gasteiger partial charge on any atom is -0.504 e. The lowest BCUT2D eigenvalue weighted by atomic mass is 9.87. The van der Waals surface area contributed by atoms with E-state index in [-0.39, 0.29) is 36.3 Å². The molecule has 3 N–H and O–H groups in total. The molecule has 0 saturated carbocycles. The lowest BCUT2D eigenvalue weighted by molar-refractivity contribution is 0.108. The number of hydrogen-bond donors (Lipinski definition) is 3. The van der Waals surface area contributed by atoms with Crippen LogP contribution in [0.5, 0.6) is 17.2 Å². The molecule has 0 radical (unpaired) electrons. The van der Waals surface area contributed by atoms with Gasteiger partial charge in [-0.05, 0) is 61.8 Å². The number of hydrazine groups is 1. The van der Waals surface area contributed by atoms with Gasteiger partial charge >= 0.3 is 0 Å². The van der Waals surface area contributed by atoms with Crippen molar-refractivity contribution in [1.82, 2.24) is 10.4 Å². The van der Waals surface area contributed by atoms with Crippen LogP contribution >= 0.6 is 24.8 Å². The van der Waals surface area contributed by atoms with Crippen molar-refractivity contribution in [3.8, 4) is 17.2 Å². The fourth-order valence-electron chi connectivity index (χ4n) is 4.58. The van der Waals surface area contributed by atoms with Gasteiger partial charge in [-0.25, -0.2) is 5.01 Å². The van der Waals surface area contributed by atoms with E-state index in [4.69, 9.17) is 4.74 Å². The van der Waals surface area contributed by atoms with Crippen LogP contribution in [-0.4, -0.2) is 41.5 Å². The predicted octanol–water partition coefficient (Wildman–Crippen LogP) is 5.83. The molecule has 3 rings (SSSR count). The maximum atomic E-state index is 10.2. The van der Waals surface area contributed by atoms with Gasteiger partial charge < -0.3 is 14.9 Å². The van der Waals surface area contributed by atoms with E-state index in [1.54, 1.807) is 13.2 Å². The summed E-state index contributed by atoms with van der Waals surface area (Å²) in [4.78, 5) is 0. The summed E-state index contributed by atoms with van der Waals surface area (Å²) in [6.07, 6.45) is 9.69. The number of methoxy groups -OCH3 is 1. The number of benzene rings is 2. The molecule has 33 heavy (non-hydrogen) atoms. The van der Waals surface area contributed by atoms with Crippen LogP contribution < -0.4 is 10.2 Å². The summed E-state index contributed by atoms with van der Waals surface area (Å²) < 4.78 is 5.48. The molecule has 0 aromatic heterocycles. The highest BCUT2D eigenvalue weighted by molar-refractivity contribution is 5.85. The number of unbranched alkanes of at least 4 members (excludes halogenated alkanes) is 3. The van der Waals surface area contributed by atoms with E-state index < -0.39 is 0 Å². The van der Waals surface area contributed by atoms with Crippen molar-refractivity contribution in [2.45, 2.75) is 70.8 Å². The summed E-state index contributed by atoms with van der Waals surface area (Å²) >= 11 is 0. The highest BCUT2D eigenvalue weighted by Gasteiger charge is 2.26. The average molecular weight is 500 g/mol. The van der Waals surface area contributed by atoms with E-state index >= 15 is 0 Å². The van der Waals surface area contributed by atoms with Gasteiger partial charge in [0.25, 0.3) is 0 Å². The first-order valence-corrected chi connectivity index (χ1v) is 11.8. The molecule has 0 bridgehead atoms. The molecule has 7 heteroatoms. The molecular weight excluding hydrogens is 459 g/mol. The van der Waals surface area contributed by atoms with Gasteiger partial charge in [0.1, 0.15) is 5.75 Å². The number of aromatic hydroxyl groups is 2. The number of hydrogen-bond acceptors (Lipinski definition) is 5. The molecule has 0 fully saturated rings. The first-order valence-electron chi connectivity index (χ1n) is 11.8. The number of phenols is 2. The minimum absolute atomic E-state index is 0. The SMILES string of the molecule is CCCCCCN(NCCCc1ccccc1OC)C1CCc2c(ccc(O)c2O)C1.Cl.Cl. The summed E-state index contributed by atoms with van der Waals surface area (Å²) in [6.45, 7) is 4.21. The Morgan fingerprint density at radius 3 is 2.58 bits per heavy atom. The quantitative estimate of drug-likeness (QED) is 0.195. The zero-order chi connectivity index (χ0) is 22.1. The van der Waals surface area contributed by atoms with Gasteiger partial charge in [0.05, 0.1) is 7.11 Å². The number of nitrogens with zero attached hydrogens (tertiary/aromatic N) is 1. The molecule has 0 heterocycles. The number of ether oxygens (including phenoxy) is 1. The second kappa shape index (κ2) is 15.3. The molecular formula is C26H40Cl2N2O3. The van der Waals surface area contributed by atoms with Crippen LogP contribution in [0.15, 0.2) is 36.4 Å². The number of phenolic OH excluding ortho intramolecular Hbond substituents is 2. The average Bonchev–Trinajstić information content (AvgIpc) is 2.80. The number of nitrogens with one attached hydrogen (secondary N) is 1. The van der Waals surface area contributed by atoms with Gasteiger partial charge in [-0.3, -0.25) is 5.43 Å². The van der Waals surface area contributed by atoms with Crippen molar-refractivity contribution in [3.05, 3.63) is 53.1 Å². The lowest BCUT2D eigenvalue weighted by Gasteiger charge is -2.36. The van der Waals surface area contributed by atoms with Gasteiger partial charge in [-0.1, -0.05) is 50.5 Å². The van der Waals surface area contributed by atoms with Gasteiger partial charge in [0.2, 0.25) is 0 Å². The van der Waals surface area contributed by atoms with Gasteiger partial charge in [0.15, 0.2) is 11.5 Å². The standard InChI is InChI=1S/C26H38N2O3.2ClH/c1-3-4-5-8-18-28(27-17-9-11-20-10-6-7-12-25(20)31-2)22-14-15-23-21(19-22)13-16-24(29)26(23)30;;/h6-7,10,12-13,16,22,27,29-30H,3-5,8-9,11,14-15,17-19H2,1-2H3;2*1H. The van der Waals surface area contributed by atoms with Crippen molar-refractivity contribution in [2.24, 2.45) is 0 Å². The summed E-state index contributed by atoms with van der Waals surface area (Å²) in [6, 6.07) is 12.2. The third-order valence-corrected chi connectivity index (χ3v) is 6.37. The van der Waals surface area contributed by atoms with Crippen molar-refractivity contribution in [3.63, 3.8) is 0 Å². The molecule has 0 aliphatic heterocycles. The maximum absolute atomic E-state index is 10.2. The van der Waals surface area contributed by atoms with E-state index in [9.17, 15) is 10.2 Å². The van der Waals surface area contributed by atoms with Crippen LogP contribution in [0, 0.1) is 0 Å². The first-order chi connectivity index (χ1) is 15.1. The lowest BCUT2D eigenvalue weighted by Crippen LogP contribution is -2.49. The third kappa shape index (κ3) is 8.25. The van der Waals surface area contributed by atoms with Crippen LogP contribution in [-0.2, 0) is 19.3 Å². The van der Waals surface area contributed by atoms with Gasteiger partial charge in [0, 0.05) is 24.7 Å². The number of para-hydroxylation sites is 1. The molecule has 1 aliphatic rings. The summed E-state index contributed by atoms with van der Waals surface area (Å²) in [5, 5.41) is 22.4. The largest absolute Gasteiger partial charge is 0.504 e. The molecule has 2 aromatic carbocycles. The highest BCUT2D eigenvalue weighted by Crippen LogP contribution is 2.36. The molecule has 0 spiro atoms. The third-order valence-electron chi connectivity index (χ3n) is 6.37. The van der Waals surface area contributed by atoms with Crippen molar-refractivity contribution in [2.75, 3.05) is 20.2 Å². The van der Waals surface area contributed by atoms with E-state index in [0.717, 1.165) is 62.1 Å². The summed E-state index contributed by atoms with van der Waals surface area (Å²) in [5.74, 6) is 1.02. The Balaban J connectivity index is 0.00000272. The maximum Gasteiger partial charge on any atom is 0.160 e. The Bertz CT molecular complexity index is 835. The molecule has 2 aromatic rings.